The van der Waals surface area contributed by atoms with E-state index in [0.29, 0.717) is 18.4 Å². The summed E-state index contributed by atoms with van der Waals surface area (Å²) in [5.41, 5.74) is 5.57. The smallest absolute Gasteiger partial charge is 0.305 e. The van der Waals surface area contributed by atoms with Crippen molar-refractivity contribution in [3.05, 3.63) is 23.9 Å². The van der Waals surface area contributed by atoms with E-state index >= 15 is 0 Å². The molecule has 0 aromatic rings. The first-order chi connectivity index (χ1) is 12.9. The number of carbonyl (C=O) groups is 2. The van der Waals surface area contributed by atoms with E-state index in [1.807, 2.05) is 0 Å². The van der Waals surface area contributed by atoms with Crippen molar-refractivity contribution in [1.29, 1.82) is 0 Å². The molecular formula is C20H34N2O5. The highest BCUT2D eigenvalue weighted by atomic mass is 16.6. The fourth-order valence-corrected chi connectivity index (χ4v) is 2.72. The van der Waals surface area contributed by atoms with E-state index < -0.39 is 18.1 Å². The number of amides is 1. The topological polar surface area (TPSA) is 111 Å². The first kappa shape index (κ1) is 23.2. The van der Waals surface area contributed by atoms with Crippen LogP contribution < -0.4 is 11.1 Å². The van der Waals surface area contributed by atoms with Crippen LogP contribution in [0.15, 0.2) is 23.9 Å². The minimum Gasteiger partial charge on any atom is -0.463 e. The second-order valence-corrected chi connectivity index (χ2v) is 6.91. The van der Waals surface area contributed by atoms with Crippen molar-refractivity contribution in [3.8, 4) is 0 Å². The first-order valence-corrected chi connectivity index (χ1v) is 9.82. The lowest BCUT2D eigenvalue weighted by Gasteiger charge is -2.15. The molecule has 0 aromatic carbocycles. The van der Waals surface area contributed by atoms with Crippen molar-refractivity contribution in [2.75, 3.05) is 6.61 Å². The first-order valence-electron chi connectivity index (χ1n) is 9.82. The standard InChI is InChI=1S/C20H34N2O5/c1-3-4-5-6-7-8-11-19(24)26-14-17-16(23)13-18(27-17)22-12-9-10-15(2)20(21)25/h9-10,12,16-18,22-23H,3-8,11,13-14H2,1-2H3,(H2,21,25)/b12-9-,15-10+/t16-,17+,18+/m0/s1. The van der Waals surface area contributed by atoms with Crippen LogP contribution >= 0.6 is 0 Å². The third-order valence-electron chi connectivity index (χ3n) is 4.48. The number of hydrogen-bond acceptors (Lipinski definition) is 6. The van der Waals surface area contributed by atoms with Crippen LogP contribution in [0.2, 0.25) is 0 Å². The molecule has 154 valence electrons. The Morgan fingerprint density at radius 2 is 1.96 bits per heavy atom. The summed E-state index contributed by atoms with van der Waals surface area (Å²) in [6, 6.07) is 0. The number of rotatable bonds is 13. The lowest BCUT2D eigenvalue weighted by atomic mass is 10.1. The van der Waals surface area contributed by atoms with E-state index in [9.17, 15) is 14.7 Å². The molecule has 1 saturated heterocycles. The summed E-state index contributed by atoms with van der Waals surface area (Å²) in [5.74, 6) is -0.723. The molecule has 27 heavy (non-hydrogen) atoms. The van der Waals surface area contributed by atoms with Gasteiger partial charge in [0.25, 0.3) is 0 Å². The molecule has 1 heterocycles. The van der Waals surface area contributed by atoms with Crippen molar-refractivity contribution < 1.29 is 24.2 Å². The molecule has 1 amide bonds. The van der Waals surface area contributed by atoms with Gasteiger partial charge in [-0.3, -0.25) is 9.59 Å². The zero-order valence-electron chi connectivity index (χ0n) is 16.5. The highest BCUT2D eigenvalue weighted by Gasteiger charge is 2.34. The molecule has 0 saturated carbocycles. The number of primary amides is 1. The van der Waals surface area contributed by atoms with Gasteiger partial charge < -0.3 is 25.6 Å². The van der Waals surface area contributed by atoms with Gasteiger partial charge >= 0.3 is 5.97 Å². The highest BCUT2D eigenvalue weighted by Crippen LogP contribution is 2.19. The third-order valence-corrected chi connectivity index (χ3v) is 4.48. The van der Waals surface area contributed by atoms with E-state index in [0.717, 1.165) is 19.3 Å². The summed E-state index contributed by atoms with van der Waals surface area (Å²) in [7, 11) is 0. The number of allylic oxidation sites excluding steroid dienone is 2. The molecule has 7 nitrogen and oxygen atoms in total. The molecule has 0 aliphatic carbocycles. The van der Waals surface area contributed by atoms with Crippen LogP contribution in [0.5, 0.6) is 0 Å². The van der Waals surface area contributed by atoms with Crippen molar-refractivity contribution >= 4 is 11.9 Å². The number of esters is 1. The largest absolute Gasteiger partial charge is 0.463 e. The number of ether oxygens (including phenoxy) is 2. The average Bonchev–Trinajstić information content (AvgIpc) is 2.99. The molecule has 0 spiro atoms. The third kappa shape index (κ3) is 10.2. The maximum absolute atomic E-state index is 11.8. The molecule has 7 heteroatoms. The van der Waals surface area contributed by atoms with Gasteiger partial charge in [-0.15, -0.1) is 0 Å². The summed E-state index contributed by atoms with van der Waals surface area (Å²) in [6.07, 6.45) is 10.7. The highest BCUT2D eigenvalue weighted by molar-refractivity contribution is 5.91. The fourth-order valence-electron chi connectivity index (χ4n) is 2.72. The van der Waals surface area contributed by atoms with Crippen LogP contribution in [0, 0.1) is 0 Å². The van der Waals surface area contributed by atoms with E-state index in [-0.39, 0.29) is 18.8 Å². The van der Waals surface area contributed by atoms with E-state index in [4.69, 9.17) is 15.2 Å². The molecule has 1 rings (SSSR count). The van der Waals surface area contributed by atoms with Crippen molar-refractivity contribution in [3.63, 3.8) is 0 Å². The van der Waals surface area contributed by atoms with Crippen molar-refractivity contribution in [1.82, 2.24) is 5.32 Å². The normalized spacial score (nSPS) is 22.9. The monoisotopic (exact) mass is 382 g/mol. The number of hydrogen-bond donors (Lipinski definition) is 3. The van der Waals surface area contributed by atoms with E-state index in [2.05, 4.69) is 12.2 Å². The Bertz CT molecular complexity index is 519. The molecule has 4 N–H and O–H groups in total. The van der Waals surface area contributed by atoms with Crippen molar-refractivity contribution in [2.24, 2.45) is 5.73 Å². The molecule has 0 bridgehead atoms. The Morgan fingerprint density at radius 3 is 2.67 bits per heavy atom. The predicted octanol–water partition coefficient (Wildman–Crippen LogP) is 2.29. The SMILES string of the molecule is CCCCCCCCC(=O)OC[C@H]1O[C@@H](N/C=C\C=C(/C)C(N)=O)C[C@@H]1O. The Morgan fingerprint density at radius 1 is 1.26 bits per heavy atom. The van der Waals surface area contributed by atoms with Gasteiger partial charge in [0.05, 0.1) is 6.10 Å². The molecule has 0 aromatic heterocycles. The maximum atomic E-state index is 11.8. The Hall–Kier alpha value is -1.86. The van der Waals surface area contributed by atoms with Crippen LogP contribution in [-0.4, -0.2) is 42.0 Å². The van der Waals surface area contributed by atoms with Gasteiger partial charge in [-0.1, -0.05) is 45.1 Å². The van der Waals surface area contributed by atoms with Gasteiger partial charge in [-0.05, 0) is 25.6 Å². The van der Waals surface area contributed by atoms with Gasteiger partial charge in [0.15, 0.2) is 0 Å². The van der Waals surface area contributed by atoms with Crippen LogP contribution in [0.3, 0.4) is 0 Å². The second kappa shape index (κ2) is 13.3. The summed E-state index contributed by atoms with van der Waals surface area (Å²) in [6.45, 7) is 3.85. The Labute approximate surface area is 162 Å². The van der Waals surface area contributed by atoms with Gasteiger partial charge in [0.1, 0.15) is 18.9 Å². The summed E-state index contributed by atoms with van der Waals surface area (Å²) in [5, 5.41) is 13.0. The quantitative estimate of drug-likeness (QED) is 0.195. The van der Waals surface area contributed by atoms with Crippen LogP contribution in [0.1, 0.15) is 65.2 Å². The Kier molecular flexibility index (Phi) is 11.4. The average molecular weight is 383 g/mol. The van der Waals surface area contributed by atoms with Gasteiger partial charge in [0, 0.05) is 18.4 Å². The molecule has 1 aliphatic rings. The van der Waals surface area contributed by atoms with Crippen LogP contribution in [0.4, 0.5) is 0 Å². The minimum absolute atomic E-state index is 0.0540. The number of aliphatic hydroxyl groups excluding tert-OH is 1. The zero-order chi connectivity index (χ0) is 20.1. The molecule has 3 atom stereocenters. The Balaban J connectivity index is 2.19. The van der Waals surface area contributed by atoms with Gasteiger partial charge in [0.2, 0.25) is 5.91 Å². The van der Waals surface area contributed by atoms with E-state index in [1.165, 1.54) is 19.3 Å². The molecule has 0 unspecified atom stereocenters. The van der Waals surface area contributed by atoms with Crippen molar-refractivity contribution in [2.45, 2.75) is 83.6 Å². The summed E-state index contributed by atoms with van der Waals surface area (Å²) >= 11 is 0. The molecule has 1 fully saturated rings. The van der Waals surface area contributed by atoms with Gasteiger partial charge in [-0.2, -0.15) is 0 Å². The maximum Gasteiger partial charge on any atom is 0.305 e. The number of nitrogens with one attached hydrogen (secondary N) is 1. The van der Waals surface area contributed by atoms with Gasteiger partial charge in [-0.25, -0.2) is 0 Å². The van der Waals surface area contributed by atoms with Crippen LogP contribution in [0.25, 0.3) is 0 Å². The number of nitrogens with two attached hydrogens (primary N) is 1. The van der Waals surface area contributed by atoms with E-state index in [1.54, 1.807) is 25.3 Å². The van der Waals surface area contributed by atoms with Crippen LogP contribution in [-0.2, 0) is 19.1 Å². The fraction of sp³-hybridized carbons (Fsp3) is 0.700. The number of aliphatic hydroxyl groups is 1. The summed E-state index contributed by atoms with van der Waals surface area (Å²) < 4.78 is 10.9. The molecule has 0 radical (unpaired) electrons. The lowest BCUT2D eigenvalue weighted by Crippen LogP contribution is -2.29. The summed E-state index contributed by atoms with van der Waals surface area (Å²) in [4.78, 5) is 22.7. The second-order valence-electron chi connectivity index (χ2n) is 6.91. The minimum atomic E-state index is -0.694. The number of unbranched alkanes of at least 4 members (excludes halogenated alkanes) is 5. The number of carbonyl (C=O) groups excluding carboxylic acids is 2. The lowest BCUT2D eigenvalue weighted by molar-refractivity contribution is -0.149. The molecule has 1 aliphatic heterocycles. The zero-order valence-corrected chi connectivity index (χ0v) is 16.5. The predicted molar refractivity (Wildman–Crippen MR) is 103 cm³/mol. The molecular weight excluding hydrogens is 348 g/mol.